The van der Waals surface area contributed by atoms with Crippen LogP contribution in [0.3, 0.4) is 0 Å². The molecule has 0 saturated carbocycles. The monoisotopic (exact) mass is 360 g/mol. The van der Waals surface area contributed by atoms with E-state index in [9.17, 15) is 5.11 Å². The molecule has 6 nitrogen and oxygen atoms in total. The van der Waals surface area contributed by atoms with Gasteiger partial charge >= 0.3 is 0 Å². The van der Waals surface area contributed by atoms with Crippen LogP contribution in [0.5, 0.6) is 11.6 Å². The maximum Gasteiger partial charge on any atom is 0.224 e. The van der Waals surface area contributed by atoms with E-state index in [1.165, 1.54) is 0 Å². The summed E-state index contributed by atoms with van der Waals surface area (Å²) in [4.78, 5) is 11.1. The van der Waals surface area contributed by atoms with Gasteiger partial charge in [0.15, 0.2) is 5.65 Å². The molecule has 4 rings (SSSR count). The molecule has 0 aliphatic carbocycles. The Kier molecular flexibility index (Phi) is 4.16. The normalized spacial score (nSPS) is 10.9. The summed E-state index contributed by atoms with van der Waals surface area (Å²) in [5.41, 5.74) is 4.77. The fourth-order valence-electron chi connectivity index (χ4n) is 2.96. The Labute approximate surface area is 157 Å². The number of anilines is 1. The van der Waals surface area contributed by atoms with E-state index in [0.29, 0.717) is 11.3 Å². The van der Waals surface area contributed by atoms with Gasteiger partial charge in [-0.1, -0.05) is 12.1 Å². The van der Waals surface area contributed by atoms with Crippen molar-refractivity contribution in [3.8, 4) is 34.1 Å². The van der Waals surface area contributed by atoms with Crippen LogP contribution < -0.4 is 9.64 Å². The molecule has 2 aromatic heterocycles. The van der Waals surface area contributed by atoms with Crippen LogP contribution in [0.4, 0.5) is 5.69 Å². The number of aromatic hydroxyl groups is 1. The van der Waals surface area contributed by atoms with Crippen molar-refractivity contribution in [3.05, 3.63) is 60.9 Å². The van der Waals surface area contributed by atoms with Gasteiger partial charge in [-0.25, -0.2) is 4.98 Å². The molecule has 0 spiro atoms. The molecule has 2 aromatic carbocycles. The minimum absolute atomic E-state index is 0.0868. The first-order valence-corrected chi connectivity index (χ1v) is 8.56. The summed E-state index contributed by atoms with van der Waals surface area (Å²) in [6.07, 6.45) is 3.47. The van der Waals surface area contributed by atoms with E-state index in [1.54, 1.807) is 23.9 Å². The van der Waals surface area contributed by atoms with E-state index < -0.39 is 0 Å². The quantitative estimate of drug-likeness (QED) is 0.599. The van der Waals surface area contributed by atoms with Gasteiger partial charge in [0.2, 0.25) is 5.88 Å². The smallest absolute Gasteiger partial charge is 0.224 e. The first-order valence-electron chi connectivity index (χ1n) is 8.56. The number of hydrogen-bond acceptors (Lipinski definition) is 5. The highest BCUT2D eigenvalue weighted by molar-refractivity contribution is 5.71. The van der Waals surface area contributed by atoms with Crippen molar-refractivity contribution in [3.63, 3.8) is 0 Å². The molecule has 0 amide bonds. The number of fused-ring (bicyclic) bond motifs is 1. The molecule has 4 aromatic rings. The van der Waals surface area contributed by atoms with Crippen LogP contribution in [0, 0.1) is 0 Å². The number of methoxy groups -OCH3 is 1. The Hall–Kier alpha value is -3.54. The van der Waals surface area contributed by atoms with Gasteiger partial charge in [-0.15, -0.1) is 0 Å². The van der Waals surface area contributed by atoms with Crippen LogP contribution in [-0.2, 0) is 0 Å². The summed E-state index contributed by atoms with van der Waals surface area (Å²) < 4.78 is 6.84. The number of hydrogen-bond donors (Lipinski definition) is 1. The molecule has 0 bridgehead atoms. The van der Waals surface area contributed by atoms with E-state index in [-0.39, 0.29) is 5.88 Å². The summed E-state index contributed by atoms with van der Waals surface area (Å²) in [7, 11) is 5.63. The van der Waals surface area contributed by atoms with Crippen molar-refractivity contribution in [2.45, 2.75) is 0 Å². The number of rotatable bonds is 4. The predicted octanol–water partition coefficient (Wildman–Crippen LogP) is 3.84. The standard InChI is InChI=1S/C21H20N4O2/c1-24(2)16-8-4-14(5-9-16)18-13-25-19(12-22-18)23-20(21(25)26)15-6-10-17(27-3)11-7-15/h4-13,26H,1-3H3. The summed E-state index contributed by atoms with van der Waals surface area (Å²) in [6.45, 7) is 0. The summed E-state index contributed by atoms with van der Waals surface area (Å²) in [6, 6.07) is 15.5. The van der Waals surface area contributed by atoms with Crippen LogP contribution in [-0.4, -0.2) is 40.7 Å². The molecule has 0 fully saturated rings. The maximum absolute atomic E-state index is 10.7. The highest BCUT2D eigenvalue weighted by Gasteiger charge is 2.14. The van der Waals surface area contributed by atoms with E-state index in [0.717, 1.165) is 28.3 Å². The minimum Gasteiger partial charge on any atom is -0.497 e. The zero-order chi connectivity index (χ0) is 19.0. The predicted molar refractivity (Wildman–Crippen MR) is 106 cm³/mol. The third-order valence-corrected chi connectivity index (χ3v) is 4.53. The van der Waals surface area contributed by atoms with Gasteiger partial charge in [-0.05, 0) is 36.4 Å². The van der Waals surface area contributed by atoms with Gasteiger partial charge in [0, 0.05) is 37.1 Å². The van der Waals surface area contributed by atoms with Gasteiger partial charge in [0.1, 0.15) is 11.4 Å². The third-order valence-electron chi connectivity index (χ3n) is 4.53. The second-order valence-electron chi connectivity index (χ2n) is 6.45. The molecule has 0 aliphatic heterocycles. The number of imidazole rings is 1. The van der Waals surface area contributed by atoms with Crippen LogP contribution >= 0.6 is 0 Å². The van der Waals surface area contributed by atoms with Crippen LogP contribution in [0.1, 0.15) is 0 Å². The molecule has 1 N–H and O–H groups in total. The lowest BCUT2D eigenvalue weighted by molar-refractivity contribution is 0.415. The van der Waals surface area contributed by atoms with Gasteiger partial charge in [0.05, 0.1) is 19.0 Å². The number of aromatic nitrogens is 3. The molecule has 27 heavy (non-hydrogen) atoms. The Bertz CT molecular complexity index is 1080. The lowest BCUT2D eigenvalue weighted by Crippen LogP contribution is -2.07. The molecule has 2 heterocycles. The van der Waals surface area contributed by atoms with E-state index in [2.05, 4.69) is 9.97 Å². The molecule has 0 radical (unpaired) electrons. The minimum atomic E-state index is 0.0868. The summed E-state index contributed by atoms with van der Waals surface area (Å²) in [5.74, 6) is 0.843. The third kappa shape index (κ3) is 3.06. The SMILES string of the molecule is COc1ccc(-c2nc3cnc(-c4ccc(N(C)C)cc4)cn3c2O)cc1. The molecule has 0 aliphatic rings. The van der Waals surface area contributed by atoms with Crippen molar-refractivity contribution in [2.75, 3.05) is 26.1 Å². The Morgan fingerprint density at radius 3 is 2.26 bits per heavy atom. The highest BCUT2D eigenvalue weighted by Crippen LogP contribution is 2.31. The molecular formula is C21H20N4O2. The lowest BCUT2D eigenvalue weighted by atomic mass is 10.1. The number of nitrogens with zero attached hydrogens (tertiary/aromatic N) is 4. The second kappa shape index (κ2) is 6.64. The molecule has 136 valence electrons. The van der Waals surface area contributed by atoms with Crippen molar-refractivity contribution >= 4 is 11.3 Å². The fourth-order valence-corrected chi connectivity index (χ4v) is 2.96. The number of ether oxygens (including phenoxy) is 1. The average molecular weight is 360 g/mol. The van der Waals surface area contributed by atoms with Crippen LogP contribution in [0.25, 0.3) is 28.2 Å². The largest absolute Gasteiger partial charge is 0.497 e. The van der Waals surface area contributed by atoms with Crippen molar-refractivity contribution in [1.82, 2.24) is 14.4 Å². The highest BCUT2D eigenvalue weighted by atomic mass is 16.5. The maximum atomic E-state index is 10.7. The van der Waals surface area contributed by atoms with Crippen LogP contribution in [0.15, 0.2) is 60.9 Å². The van der Waals surface area contributed by atoms with E-state index >= 15 is 0 Å². The lowest BCUT2D eigenvalue weighted by Gasteiger charge is -2.12. The number of benzene rings is 2. The van der Waals surface area contributed by atoms with Gasteiger partial charge in [0.25, 0.3) is 0 Å². The molecule has 6 heteroatoms. The molecular weight excluding hydrogens is 340 g/mol. The molecule has 0 atom stereocenters. The Balaban J connectivity index is 1.75. The van der Waals surface area contributed by atoms with Crippen LogP contribution in [0.2, 0.25) is 0 Å². The zero-order valence-electron chi connectivity index (χ0n) is 15.4. The fraction of sp³-hybridized carbons (Fsp3) is 0.143. The van der Waals surface area contributed by atoms with Crippen molar-refractivity contribution in [1.29, 1.82) is 0 Å². The first kappa shape index (κ1) is 16.9. The summed E-state index contributed by atoms with van der Waals surface area (Å²) in [5, 5.41) is 10.7. The summed E-state index contributed by atoms with van der Waals surface area (Å²) >= 11 is 0. The molecule has 0 unspecified atom stereocenters. The van der Waals surface area contributed by atoms with Crippen molar-refractivity contribution < 1.29 is 9.84 Å². The van der Waals surface area contributed by atoms with Gasteiger partial charge < -0.3 is 14.7 Å². The van der Waals surface area contributed by atoms with Gasteiger partial charge in [-0.3, -0.25) is 9.38 Å². The average Bonchev–Trinajstić information content (AvgIpc) is 3.04. The van der Waals surface area contributed by atoms with Gasteiger partial charge in [-0.2, -0.15) is 0 Å². The zero-order valence-corrected chi connectivity index (χ0v) is 15.4. The Morgan fingerprint density at radius 2 is 1.63 bits per heavy atom. The topological polar surface area (TPSA) is 62.9 Å². The van der Waals surface area contributed by atoms with E-state index in [4.69, 9.17) is 4.74 Å². The first-order chi connectivity index (χ1) is 13.1. The molecule has 0 saturated heterocycles. The van der Waals surface area contributed by atoms with Crippen molar-refractivity contribution in [2.24, 2.45) is 0 Å². The Morgan fingerprint density at radius 1 is 0.963 bits per heavy atom. The van der Waals surface area contributed by atoms with E-state index in [1.807, 2.05) is 67.5 Å². The second-order valence-corrected chi connectivity index (χ2v) is 6.45.